The summed E-state index contributed by atoms with van der Waals surface area (Å²) in [5.41, 5.74) is 1.10. The quantitative estimate of drug-likeness (QED) is 0.781. The van der Waals surface area contributed by atoms with E-state index in [2.05, 4.69) is 20.8 Å². The first-order valence-corrected chi connectivity index (χ1v) is 10.4. The number of amides is 3. The van der Waals surface area contributed by atoms with Crippen molar-refractivity contribution in [3.05, 3.63) is 47.6 Å². The van der Waals surface area contributed by atoms with E-state index >= 15 is 0 Å². The summed E-state index contributed by atoms with van der Waals surface area (Å²) in [6, 6.07) is 9.96. The molecule has 2 N–H and O–H groups in total. The summed E-state index contributed by atoms with van der Waals surface area (Å²) >= 11 is 0. The van der Waals surface area contributed by atoms with Gasteiger partial charge in [0.2, 0.25) is 11.8 Å². The van der Waals surface area contributed by atoms with Gasteiger partial charge in [0.05, 0.1) is 6.54 Å². The Labute approximate surface area is 170 Å². The van der Waals surface area contributed by atoms with Crippen LogP contribution in [0.2, 0.25) is 0 Å². The van der Waals surface area contributed by atoms with Gasteiger partial charge in [-0.05, 0) is 18.4 Å². The highest BCUT2D eigenvalue weighted by Crippen LogP contribution is 2.27. The van der Waals surface area contributed by atoms with Crippen molar-refractivity contribution in [3.63, 3.8) is 0 Å². The van der Waals surface area contributed by atoms with Gasteiger partial charge in [-0.15, -0.1) is 0 Å². The number of hydrogen-bond donors (Lipinski definition) is 2. The second kappa shape index (κ2) is 9.07. The molecule has 1 saturated heterocycles. The van der Waals surface area contributed by atoms with Gasteiger partial charge in [0, 0.05) is 31.5 Å². The molecule has 2 aliphatic rings. The molecule has 1 saturated carbocycles. The summed E-state index contributed by atoms with van der Waals surface area (Å²) < 4.78 is 5.27. The molecule has 0 bridgehead atoms. The molecule has 1 aliphatic heterocycles. The number of aromatic nitrogens is 2. The zero-order chi connectivity index (χ0) is 20.1. The number of carbonyl (C=O) groups is 2. The van der Waals surface area contributed by atoms with Crippen molar-refractivity contribution in [1.29, 1.82) is 0 Å². The first kappa shape index (κ1) is 19.4. The molecule has 154 valence electrons. The van der Waals surface area contributed by atoms with E-state index < -0.39 is 0 Å². The van der Waals surface area contributed by atoms with Crippen molar-refractivity contribution in [3.8, 4) is 0 Å². The summed E-state index contributed by atoms with van der Waals surface area (Å²) in [7, 11) is 0. The Hall–Kier alpha value is -2.90. The Bertz CT molecular complexity index is 832. The van der Waals surface area contributed by atoms with Crippen LogP contribution in [0.5, 0.6) is 0 Å². The fourth-order valence-electron chi connectivity index (χ4n) is 4.05. The monoisotopic (exact) mass is 397 g/mol. The van der Waals surface area contributed by atoms with Gasteiger partial charge in [-0.3, -0.25) is 4.79 Å². The maximum Gasteiger partial charge on any atom is 0.315 e. The van der Waals surface area contributed by atoms with Gasteiger partial charge in [-0.25, -0.2) is 4.79 Å². The molecule has 2 aromatic rings. The average molecular weight is 397 g/mol. The molecule has 1 atom stereocenters. The molecule has 8 nitrogen and oxygen atoms in total. The molecule has 2 heterocycles. The van der Waals surface area contributed by atoms with E-state index in [1.54, 1.807) is 0 Å². The molecule has 0 unspecified atom stereocenters. The zero-order valence-corrected chi connectivity index (χ0v) is 16.5. The van der Waals surface area contributed by atoms with E-state index in [1.807, 2.05) is 35.2 Å². The minimum absolute atomic E-state index is 0.0835. The molecule has 8 heteroatoms. The summed E-state index contributed by atoms with van der Waals surface area (Å²) in [6.07, 6.45) is 6.03. The van der Waals surface area contributed by atoms with Crippen molar-refractivity contribution in [2.75, 3.05) is 6.54 Å². The summed E-state index contributed by atoms with van der Waals surface area (Å²) in [5, 5.41) is 9.80. The van der Waals surface area contributed by atoms with Gasteiger partial charge in [0.15, 0.2) is 5.82 Å². The largest absolute Gasteiger partial charge is 0.338 e. The highest BCUT2D eigenvalue weighted by atomic mass is 16.5. The van der Waals surface area contributed by atoms with E-state index in [0.717, 1.165) is 18.4 Å². The number of nitrogens with one attached hydrogen (secondary N) is 2. The number of nitrogens with zero attached hydrogens (tertiary/aromatic N) is 3. The van der Waals surface area contributed by atoms with E-state index in [9.17, 15) is 9.59 Å². The lowest BCUT2D eigenvalue weighted by Crippen LogP contribution is -2.42. The minimum Gasteiger partial charge on any atom is -0.338 e. The second-order valence-electron chi connectivity index (χ2n) is 7.87. The molecular formula is C21H27N5O3. The first-order valence-electron chi connectivity index (χ1n) is 10.4. The first-order chi connectivity index (χ1) is 14.2. The van der Waals surface area contributed by atoms with E-state index in [0.29, 0.717) is 31.2 Å². The molecular weight excluding hydrogens is 370 g/mol. The maximum absolute atomic E-state index is 12.3. The van der Waals surface area contributed by atoms with Crippen LogP contribution >= 0.6 is 0 Å². The molecule has 1 aromatic heterocycles. The molecule has 1 aliphatic carbocycles. The third kappa shape index (κ3) is 5.13. The highest BCUT2D eigenvalue weighted by molar-refractivity contribution is 5.79. The van der Waals surface area contributed by atoms with Crippen LogP contribution in [0.15, 0.2) is 34.9 Å². The Balaban J connectivity index is 1.26. The number of carbonyl (C=O) groups excluding carboxylic acids is 2. The van der Waals surface area contributed by atoms with Crippen LogP contribution in [-0.2, 0) is 17.9 Å². The van der Waals surface area contributed by atoms with Gasteiger partial charge >= 0.3 is 6.03 Å². The number of benzene rings is 1. The van der Waals surface area contributed by atoms with Crippen LogP contribution in [0.25, 0.3) is 0 Å². The third-order valence-electron chi connectivity index (χ3n) is 5.62. The SMILES string of the molecule is O=C(NCc1nc([C@H]2CC(=O)N(Cc3ccccc3)C2)no1)NC1CCCCC1. The van der Waals surface area contributed by atoms with Crippen molar-refractivity contribution in [2.45, 2.75) is 63.6 Å². The zero-order valence-electron chi connectivity index (χ0n) is 16.5. The predicted octanol–water partition coefficient (Wildman–Crippen LogP) is 2.72. The van der Waals surface area contributed by atoms with Crippen LogP contribution in [0.3, 0.4) is 0 Å². The standard InChI is InChI=1S/C21H27N5O3/c27-19-11-16(14-26(19)13-15-7-3-1-4-8-15)20-24-18(29-25-20)12-22-21(28)23-17-9-5-2-6-10-17/h1,3-4,7-8,16-17H,2,5-6,9-14H2,(H2,22,23,28)/t16-/m0/s1. The van der Waals surface area contributed by atoms with Crippen LogP contribution in [0.1, 0.15) is 61.7 Å². The van der Waals surface area contributed by atoms with Gasteiger partial charge in [-0.2, -0.15) is 4.98 Å². The van der Waals surface area contributed by atoms with Gasteiger partial charge in [0.25, 0.3) is 0 Å². The lowest BCUT2D eigenvalue weighted by Gasteiger charge is -2.22. The van der Waals surface area contributed by atoms with Crippen molar-refractivity contribution < 1.29 is 14.1 Å². The van der Waals surface area contributed by atoms with E-state index in [-0.39, 0.29) is 30.4 Å². The van der Waals surface area contributed by atoms with Crippen molar-refractivity contribution in [1.82, 2.24) is 25.7 Å². The average Bonchev–Trinajstić information content (AvgIpc) is 3.35. The topological polar surface area (TPSA) is 100 Å². The van der Waals surface area contributed by atoms with Crippen LogP contribution < -0.4 is 10.6 Å². The van der Waals surface area contributed by atoms with Gasteiger partial charge < -0.3 is 20.1 Å². The molecule has 0 spiro atoms. The summed E-state index contributed by atoms with van der Waals surface area (Å²) in [5.74, 6) is 0.890. The Morgan fingerprint density at radius 1 is 1.17 bits per heavy atom. The van der Waals surface area contributed by atoms with Crippen molar-refractivity contribution in [2.24, 2.45) is 0 Å². The van der Waals surface area contributed by atoms with E-state index in [4.69, 9.17) is 4.52 Å². The lowest BCUT2D eigenvalue weighted by molar-refractivity contribution is -0.128. The maximum atomic E-state index is 12.3. The van der Waals surface area contributed by atoms with Gasteiger partial charge in [0.1, 0.15) is 0 Å². The van der Waals surface area contributed by atoms with Crippen LogP contribution in [-0.4, -0.2) is 39.6 Å². The molecule has 2 fully saturated rings. The number of hydrogen-bond acceptors (Lipinski definition) is 5. The number of likely N-dealkylation sites (tertiary alicyclic amines) is 1. The third-order valence-corrected chi connectivity index (χ3v) is 5.62. The summed E-state index contributed by atoms with van der Waals surface area (Å²) in [6.45, 7) is 1.34. The van der Waals surface area contributed by atoms with Crippen molar-refractivity contribution >= 4 is 11.9 Å². The predicted molar refractivity (Wildman–Crippen MR) is 106 cm³/mol. The van der Waals surface area contributed by atoms with Crippen LogP contribution in [0.4, 0.5) is 4.79 Å². The minimum atomic E-state index is -0.207. The van der Waals surface area contributed by atoms with Crippen LogP contribution in [0, 0.1) is 0 Å². The fraction of sp³-hybridized carbons (Fsp3) is 0.524. The molecule has 29 heavy (non-hydrogen) atoms. The van der Waals surface area contributed by atoms with E-state index in [1.165, 1.54) is 19.3 Å². The normalized spacial score (nSPS) is 20.1. The molecule has 1 aromatic carbocycles. The smallest absolute Gasteiger partial charge is 0.315 e. The molecule has 0 radical (unpaired) electrons. The fourth-order valence-corrected chi connectivity index (χ4v) is 4.05. The number of urea groups is 1. The Kier molecular flexibility index (Phi) is 6.07. The number of rotatable bonds is 6. The summed E-state index contributed by atoms with van der Waals surface area (Å²) in [4.78, 5) is 30.6. The molecule has 3 amide bonds. The molecule has 4 rings (SSSR count). The lowest BCUT2D eigenvalue weighted by atomic mass is 9.96. The Morgan fingerprint density at radius 2 is 1.97 bits per heavy atom. The Morgan fingerprint density at radius 3 is 2.76 bits per heavy atom. The second-order valence-corrected chi connectivity index (χ2v) is 7.87. The van der Waals surface area contributed by atoms with Gasteiger partial charge in [-0.1, -0.05) is 54.8 Å². The highest BCUT2D eigenvalue weighted by Gasteiger charge is 2.33.